The van der Waals surface area contributed by atoms with E-state index in [9.17, 15) is 15.0 Å². The van der Waals surface area contributed by atoms with Crippen molar-refractivity contribution in [1.29, 1.82) is 0 Å². The molecule has 6 unspecified atom stereocenters. The molecule has 5 nitrogen and oxygen atoms in total. The number of rotatable bonds is 7. The molecule has 0 aromatic carbocycles. The standard InChI is InChI=1S/C38H68NO4/c1-10-26(11-2)33-28-12-13-30-36(6)18-15-31(43-32(42)24-39(9)22-16-27(41)17-23-39)34(3,4)29(36)14-19-38(30,8)37(28,7)21-20-35(33,5)25-40/h26-31,33,40-41H,10-25H2,1-9H3/q+1/t27?,28?,29?,30?,31?,33?,35-,36+,37?,38-,39?/m1/s1. The Balaban J connectivity index is 1.36. The van der Waals surface area contributed by atoms with E-state index < -0.39 is 0 Å². The number of nitrogens with zero attached hydrogens (tertiary/aromatic N) is 1. The van der Waals surface area contributed by atoms with Crippen LogP contribution in [0.3, 0.4) is 0 Å². The minimum Gasteiger partial charge on any atom is -0.458 e. The first-order valence-corrected chi connectivity index (χ1v) is 18.4. The number of ether oxygens (including phenoxy) is 1. The molecule has 4 saturated carbocycles. The van der Waals surface area contributed by atoms with Crippen LogP contribution in [-0.2, 0) is 9.53 Å². The third kappa shape index (κ3) is 5.26. The van der Waals surface area contributed by atoms with E-state index in [1.54, 1.807) is 0 Å². The second-order valence-electron chi connectivity index (χ2n) is 18.4. The smallest absolute Gasteiger partial charge is 0.362 e. The predicted molar refractivity (Wildman–Crippen MR) is 174 cm³/mol. The summed E-state index contributed by atoms with van der Waals surface area (Å²) in [5.74, 6) is 3.19. The van der Waals surface area contributed by atoms with Gasteiger partial charge in [-0.3, -0.25) is 0 Å². The van der Waals surface area contributed by atoms with Gasteiger partial charge in [0.25, 0.3) is 0 Å². The Hall–Kier alpha value is -0.650. The number of piperidine rings is 1. The number of fused-ring (bicyclic) bond motifs is 5. The summed E-state index contributed by atoms with van der Waals surface area (Å²) in [6, 6.07) is 0. The monoisotopic (exact) mass is 603 g/mol. The number of carbonyl (C=O) groups is 1. The Morgan fingerprint density at radius 3 is 2.09 bits per heavy atom. The van der Waals surface area contributed by atoms with Crippen LogP contribution < -0.4 is 0 Å². The van der Waals surface area contributed by atoms with Crippen LogP contribution in [-0.4, -0.2) is 66.2 Å². The van der Waals surface area contributed by atoms with Crippen LogP contribution in [0.2, 0.25) is 0 Å². The molecular formula is C38H68NO4+. The molecule has 1 aliphatic heterocycles. The fourth-order valence-corrected chi connectivity index (χ4v) is 13.1. The predicted octanol–water partition coefficient (Wildman–Crippen LogP) is 7.62. The molecule has 9 atom stereocenters. The van der Waals surface area contributed by atoms with Crippen molar-refractivity contribution < 1.29 is 24.2 Å². The van der Waals surface area contributed by atoms with E-state index in [0.717, 1.165) is 45.2 Å². The van der Waals surface area contributed by atoms with E-state index in [-0.39, 0.29) is 34.4 Å². The summed E-state index contributed by atoms with van der Waals surface area (Å²) in [5.41, 5.74) is 0.873. The first kappa shape index (κ1) is 33.7. The number of carbonyl (C=O) groups excluding carboxylic acids is 1. The zero-order valence-electron chi connectivity index (χ0n) is 29.5. The lowest BCUT2D eigenvalue weighted by molar-refractivity contribution is -0.908. The molecule has 4 aliphatic carbocycles. The Labute approximate surface area is 264 Å². The first-order chi connectivity index (χ1) is 20.0. The fourth-order valence-electron chi connectivity index (χ4n) is 13.1. The molecule has 43 heavy (non-hydrogen) atoms. The summed E-state index contributed by atoms with van der Waals surface area (Å²) in [6.07, 6.45) is 13.4. The lowest BCUT2D eigenvalue weighted by atomic mass is 9.32. The topological polar surface area (TPSA) is 66.8 Å². The minimum atomic E-state index is -0.218. The van der Waals surface area contributed by atoms with Crippen LogP contribution in [0.25, 0.3) is 0 Å². The zero-order chi connectivity index (χ0) is 31.6. The van der Waals surface area contributed by atoms with Crippen molar-refractivity contribution in [2.45, 2.75) is 145 Å². The maximum Gasteiger partial charge on any atom is 0.362 e. The fraction of sp³-hybridized carbons (Fsp3) is 0.974. The Bertz CT molecular complexity index is 1020. The number of aliphatic hydroxyl groups excluding tert-OH is 2. The number of hydrogen-bond donors (Lipinski definition) is 2. The molecule has 248 valence electrons. The van der Waals surface area contributed by atoms with E-state index in [4.69, 9.17) is 4.74 Å². The summed E-state index contributed by atoms with van der Waals surface area (Å²) in [4.78, 5) is 13.4. The molecular weight excluding hydrogens is 534 g/mol. The van der Waals surface area contributed by atoms with E-state index in [2.05, 4.69) is 62.4 Å². The normalized spacial score (nSPS) is 49.5. The molecule has 5 heteroatoms. The molecule has 2 N–H and O–H groups in total. The van der Waals surface area contributed by atoms with Gasteiger partial charge in [-0.25, -0.2) is 4.79 Å². The number of likely N-dealkylation sites (N-methyl/N-ethyl adjacent to an activating group) is 1. The molecule has 0 aromatic heterocycles. The average Bonchev–Trinajstić information content (AvgIpc) is 2.94. The third-order valence-electron chi connectivity index (χ3n) is 16.0. The van der Waals surface area contributed by atoms with E-state index in [0.29, 0.717) is 58.1 Å². The van der Waals surface area contributed by atoms with Crippen molar-refractivity contribution in [2.24, 2.45) is 56.7 Å². The molecule has 5 fully saturated rings. The quantitative estimate of drug-likeness (QED) is 0.232. The molecule has 0 bridgehead atoms. The van der Waals surface area contributed by atoms with Crippen molar-refractivity contribution in [1.82, 2.24) is 0 Å². The lowest BCUT2D eigenvalue weighted by Crippen LogP contribution is -2.67. The molecule has 0 radical (unpaired) electrons. The molecule has 5 rings (SSSR count). The summed E-state index contributed by atoms with van der Waals surface area (Å²) < 4.78 is 7.11. The van der Waals surface area contributed by atoms with Gasteiger partial charge < -0.3 is 19.4 Å². The second kappa shape index (κ2) is 11.5. The third-order valence-corrected chi connectivity index (χ3v) is 16.0. The highest BCUT2D eigenvalue weighted by molar-refractivity contribution is 5.71. The van der Waals surface area contributed by atoms with Crippen LogP contribution in [0.1, 0.15) is 132 Å². The summed E-state index contributed by atoms with van der Waals surface area (Å²) in [6.45, 7) is 22.4. The number of esters is 1. The minimum absolute atomic E-state index is 0.0180. The van der Waals surface area contributed by atoms with Crippen LogP contribution in [0.4, 0.5) is 0 Å². The zero-order valence-corrected chi connectivity index (χ0v) is 29.5. The highest BCUT2D eigenvalue weighted by Gasteiger charge is 2.69. The number of hydrogen-bond acceptors (Lipinski definition) is 4. The molecule has 0 amide bonds. The highest BCUT2D eigenvalue weighted by Crippen LogP contribution is 2.76. The Morgan fingerprint density at radius 1 is 0.837 bits per heavy atom. The van der Waals surface area contributed by atoms with Crippen molar-refractivity contribution >= 4 is 5.97 Å². The van der Waals surface area contributed by atoms with Gasteiger partial charge in [0.05, 0.1) is 26.2 Å². The highest BCUT2D eigenvalue weighted by atomic mass is 16.5. The molecule has 1 heterocycles. The van der Waals surface area contributed by atoms with Crippen LogP contribution in [0.5, 0.6) is 0 Å². The Kier molecular flexibility index (Phi) is 9.05. The largest absolute Gasteiger partial charge is 0.458 e. The first-order valence-electron chi connectivity index (χ1n) is 18.4. The maximum atomic E-state index is 13.4. The average molecular weight is 603 g/mol. The van der Waals surface area contributed by atoms with E-state index >= 15 is 0 Å². The van der Waals surface area contributed by atoms with Gasteiger partial charge in [-0.2, -0.15) is 0 Å². The van der Waals surface area contributed by atoms with E-state index in [1.165, 1.54) is 44.9 Å². The van der Waals surface area contributed by atoms with Crippen LogP contribution in [0, 0.1) is 56.7 Å². The SMILES string of the molecule is CCC(CC)C1C2CCC3[C@@]4(C)CCC(OC(=O)C[N+]5(C)CCC(O)CC5)C(C)(C)C4CC[C@@]3(C)C2(C)CC[C@]1(C)CO. The van der Waals surface area contributed by atoms with Crippen molar-refractivity contribution in [3.63, 3.8) is 0 Å². The summed E-state index contributed by atoms with van der Waals surface area (Å²) in [7, 11) is 2.15. The lowest BCUT2D eigenvalue weighted by Gasteiger charge is -2.73. The van der Waals surface area contributed by atoms with Crippen LogP contribution in [0.15, 0.2) is 0 Å². The summed E-state index contributed by atoms with van der Waals surface area (Å²) >= 11 is 0. The molecule has 1 saturated heterocycles. The van der Waals surface area contributed by atoms with Gasteiger partial charge in [0.15, 0.2) is 6.54 Å². The maximum absolute atomic E-state index is 13.4. The molecule has 0 spiro atoms. The number of likely N-dealkylation sites (tertiary alicyclic amines) is 1. The van der Waals surface area contributed by atoms with Gasteiger partial charge in [0.2, 0.25) is 0 Å². The second-order valence-corrected chi connectivity index (χ2v) is 18.4. The number of quaternary nitrogens is 1. The van der Waals surface area contributed by atoms with Gasteiger partial charge in [-0.1, -0.05) is 68.2 Å². The summed E-state index contributed by atoms with van der Waals surface area (Å²) in [5, 5.41) is 20.7. The van der Waals surface area contributed by atoms with E-state index in [1.807, 2.05) is 0 Å². The van der Waals surface area contributed by atoms with Gasteiger partial charge in [-0.15, -0.1) is 0 Å². The number of aliphatic hydroxyl groups is 2. The van der Waals surface area contributed by atoms with Gasteiger partial charge >= 0.3 is 5.97 Å². The van der Waals surface area contributed by atoms with Crippen molar-refractivity contribution in [2.75, 3.05) is 33.3 Å². The Morgan fingerprint density at radius 2 is 1.49 bits per heavy atom. The van der Waals surface area contributed by atoms with Gasteiger partial charge in [0.1, 0.15) is 6.10 Å². The van der Waals surface area contributed by atoms with Crippen molar-refractivity contribution in [3.8, 4) is 0 Å². The van der Waals surface area contributed by atoms with Gasteiger partial charge in [-0.05, 0) is 103 Å². The van der Waals surface area contributed by atoms with Crippen molar-refractivity contribution in [3.05, 3.63) is 0 Å². The van der Waals surface area contributed by atoms with Gasteiger partial charge in [0, 0.05) is 24.9 Å². The molecule has 5 aliphatic rings. The molecule has 0 aromatic rings. The van der Waals surface area contributed by atoms with Crippen LogP contribution >= 0.6 is 0 Å².